The molecule has 1 aliphatic rings. The molecular weight excluding hydrogens is 281 g/mol. The molecule has 3 atom stereocenters. The van der Waals surface area contributed by atoms with Gasteiger partial charge in [-0.25, -0.2) is 4.39 Å². The van der Waals surface area contributed by atoms with E-state index in [9.17, 15) is 9.50 Å². The summed E-state index contributed by atoms with van der Waals surface area (Å²) in [7, 11) is 0. The Morgan fingerprint density at radius 3 is 3.05 bits per heavy atom. The van der Waals surface area contributed by atoms with E-state index >= 15 is 0 Å². The first-order valence-corrected chi connectivity index (χ1v) is 7.89. The fourth-order valence-electron chi connectivity index (χ4n) is 3.30. The lowest BCUT2D eigenvalue weighted by Crippen LogP contribution is -2.33. The van der Waals surface area contributed by atoms with Crippen molar-refractivity contribution < 1.29 is 13.9 Å². The van der Waals surface area contributed by atoms with Crippen molar-refractivity contribution in [2.75, 3.05) is 0 Å². The van der Waals surface area contributed by atoms with Crippen molar-refractivity contribution >= 4 is 0 Å². The number of hydrogen-bond donors (Lipinski definition) is 2. The molecule has 1 aliphatic carbocycles. The van der Waals surface area contributed by atoms with Gasteiger partial charge >= 0.3 is 0 Å². The fourth-order valence-corrected chi connectivity index (χ4v) is 3.30. The zero-order chi connectivity index (χ0) is 15.5. The smallest absolute Gasteiger partial charge is 0.132 e. The molecule has 0 bridgehead atoms. The summed E-state index contributed by atoms with van der Waals surface area (Å²) < 4.78 is 18.6. The monoisotopic (exact) mass is 303 g/mol. The van der Waals surface area contributed by atoms with Crippen LogP contribution in [0.4, 0.5) is 4.39 Å². The average molecular weight is 303 g/mol. The van der Waals surface area contributed by atoms with Crippen molar-refractivity contribution in [1.82, 2.24) is 5.32 Å². The molecule has 22 heavy (non-hydrogen) atoms. The highest BCUT2D eigenvalue weighted by Crippen LogP contribution is 2.31. The van der Waals surface area contributed by atoms with Crippen LogP contribution in [0.2, 0.25) is 0 Å². The number of hydrogen-bond acceptors (Lipinski definition) is 3. The van der Waals surface area contributed by atoms with E-state index < -0.39 is 6.10 Å². The Kier molecular flexibility index (Phi) is 4.60. The summed E-state index contributed by atoms with van der Waals surface area (Å²) in [6, 6.07) is 8.99. The lowest BCUT2D eigenvalue weighted by molar-refractivity contribution is 0.126. The van der Waals surface area contributed by atoms with E-state index in [1.807, 2.05) is 6.07 Å². The molecule has 118 valence electrons. The van der Waals surface area contributed by atoms with E-state index in [1.165, 1.54) is 11.6 Å². The molecule has 3 unspecified atom stereocenters. The van der Waals surface area contributed by atoms with Crippen LogP contribution in [0.5, 0.6) is 0 Å². The maximum Gasteiger partial charge on any atom is 0.132 e. The summed E-state index contributed by atoms with van der Waals surface area (Å²) in [6.45, 7) is 2.06. The number of nitrogens with one attached hydrogen (secondary N) is 1. The molecule has 0 aliphatic heterocycles. The Bertz CT molecular complexity index is 612. The molecule has 1 aromatic carbocycles. The lowest BCUT2D eigenvalue weighted by Gasteiger charge is -2.30. The summed E-state index contributed by atoms with van der Waals surface area (Å²) in [4.78, 5) is 0. The number of aliphatic hydroxyl groups excluding tert-OH is 1. The second-order valence-electron chi connectivity index (χ2n) is 6.12. The second-order valence-corrected chi connectivity index (χ2v) is 6.12. The van der Waals surface area contributed by atoms with Crippen LogP contribution in [-0.2, 0) is 6.42 Å². The molecule has 2 N–H and O–H groups in total. The normalized spacial score (nSPS) is 20.4. The van der Waals surface area contributed by atoms with Crippen LogP contribution < -0.4 is 5.32 Å². The van der Waals surface area contributed by atoms with Gasteiger partial charge in [-0.2, -0.15) is 0 Å². The molecular formula is C18H22FNO2. The van der Waals surface area contributed by atoms with E-state index in [-0.39, 0.29) is 17.9 Å². The van der Waals surface area contributed by atoms with Gasteiger partial charge in [-0.3, -0.25) is 0 Å². The number of rotatable bonds is 5. The van der Waals surface area contributed by atoms with Gasteiger partial charge in [0.2, 0.25) is 0 Å². The summed E-state index contributed by atoms with van der Waals surface area (Å²) in [5, 5.41) is 13.7. The molecule has 3 nitrogen and oxygen atoms in total. The zero-order valence-corrected chi connectivity index (χ0v) is 12.8. The van der Waals surface area contributed by atoms with Gasteiger partial charge in [0, 0.05) is 12.1 Å². The van der Waals surface area contributed by atoms with Gasteiger partial charge in [-0.1, -0.05) is 6.07 Å². The van der Waals surface area contributed by atoms with Gasteiger partial charge < -0.3 is 14.8 Å². The molecule has 0 amide bonds. The molecule has 0 saturated carbocycles. The number of aliphatic hydroxyl groups is 1. The van der Waals surface area contributed by atoms with E-state index in [0.29, 0.717) is 12.2 Å². The Labute approximate surface area is 130 Å². The number of halogens is 1. The van der Waals surface area contributed by atoms with Crippen LogP contribution in [0.15, 0.2) is 41.0 Å². The summed E-state index contributed by atoms with van der Waals surface area (Å²) in [6.07, 6.45) is 4.59. The van der Waals surface area contributed by atoms with Crippen LogP contribution in [0.1, 0.15) is 55.2 Å². The van der Waals surface area contributed by atoms with Crippen molar-refractivity contribution in [3.05, 3.63) is 59.3 Å². The molecule has 0 saturated heterocycles. The molecule has 0 spiro atoms. The van der Waals surface area contributed by atoms with Gasteiger partial charge in [-0.05, 0) is 68.0 Å². The molecule has 0 fully saturated rings. The third-order valence-electron chi connectivity index (χ3n) is 4.35. The predicted octanol–water partition coefficient (Wildman–Crippen LogP) is 3.90. The number of furan rings is 1. The quantitative estimate of drug-likeness (QED) is 0.880. The Hall–Kier alpha value is -1.65. The van der Waals surface area contributed by atoms with Crippen molar-refractivity contribution in [3.63, 3.8) is 0 Å². The number of aryl methyl sites for hydroxylation is 1. The highest BCUT2D eigenvalue weighted by atomic mass is 19.1. The Morgan fingerprint density at radius 2 is 2.27 bits per heavy atom. The minimum absolute atomic E-state index is 0.140. The van der Waals surface area contributed by atoms with E-state index in [4.69, 9.17) is 4.42 Å². The van der Waals surface area contributed by atoms with Crippen molar-refractivity contribution in [2.24, 2.45) is 0 Å². The van der Waals surface area contributed by atoms with Crippen molar-refractivity contribution in [3.8, 4) is 0 Å². The van der Waals surface area contributed by atoms with Gasteiger partial charge in [-0.15, -0.1) is 0 Å². The van der Waals surface area contributed by atoms with Crippen molar-refractivity contribution in [1.29, 1.82) is 0 Å². The second kappa shape index (κ2) is 6.63. The number of benzene rings is 1. The van der Waals surface area contributed by atoms with Crippen LogP contribution in [0.3, 0.4) is 0 Å². The highest BCUT2D eigenvalue weighted by molar-refractivity contribution is 5.32. The molecule has 3 rings (SSSR count). The van der Waals surface area contributed by atoms with Crippen LogP contribution in [0, 0.1) is 5.82 Å². The summed E-state index contributed by atoms with van der Waals surface area (Å²) >= 11 is 0. The molecule has 1 heterocycles. The van der Waals surface area contributed by atoms with E-state index in [0.717, 1.165) is 24.8 Å². The molecule has 0 radical (unpaired) electrons. The molecule has 4 heteroatoms. The summed E-state index contributed by atoms with van der Waals surface area (Å²) in [5.41, 5.74) is 2.29. The van der Waals surface area contributed by atoms with E-state index in [1.54, 1.807) is 24.5 Å². The first-order chi connectivity index (χ1) is 10.6. The maximum absolute atomic E-state index is 13.3. The number of fused-ring (bicyclic) bond motifs is 1. The topological polar surface area (TPSA) is 45.4 Å². The Balaban J connectivity index is 1.64. The highest BCUT2D eigenvalue weighted by Gasteiger charge is 2.23. The zero-order valence-electron chi connectivity index (χ0n) is 12.8. The van der Waals surface area contributed by atoms with Crippen molar-refractivity contribution in [2.45, 2.75) is 50.8 Å². The molecule has 2 aromatic rings. The van der Waals surface area contributed by atoms with Crippen LogP contribution in [-0.4, -0.2) is 11.1 Å². The minimum atomic E-state index is -0.603. The molecule has 1 aromatic heterocycles. The predicted molar refractivity (Wildman–Crippen MR) is 83.0 cm³/mol. The third-order valence-corrected chi connectivity index (χ3v) is 4.35. The standard InChI is InChI=1S/C18H22FNO2/c1-12(10-17(21)18-6-3-9-22-18)20-16-5-2-4-13-11-14(19)7-8-15(13)16/h3,6-9,11-12,16-17,20-21H,2,4-5,10H2,1H3. The fraction of sp³-hybridized carbons (Fsp3) is 0.444. The van der Waals surface area contributed by atoms with Gasteiger partial charge in [0.05, 0.1) is 6.26 Å². The maximum atomic E-state index is 13.3. The van der Waals surface area contributed by atoms with E-state index in [2.05, 4.69) is 12.2 Å². The van der Waals surface area contributed by atoms with Gasteiger partial charge in [0.15, 0.2) is 0 Å². The first kappa shape index (κ1) is 15.3. The van der Waals surface area contributed by atoms with Crippen LogP contribution >= 0.6 is 0 Å². The van der Waals surface area contributed by atoms with Crippen LogP contribution in [0.25, 0.3) is 0 Å². The average Bonchev–Trinajstić information content (AvgIpc) is 3.01. The summed E-state index contributed by atoms with van der Waals surface area (Å²) in [5.74, 6) is 0.431. The Morgan fingerprint density at radius 1 is 1.41 bits per heavy atom. The third kappa shape index (κ3) is 3.39. The SMILES string of the molecule is CC(CC(O)c1ccco1)NC1CCCc2cc(F)ccc21. The largest absolute Gasteiger partial charge is 0.467 e. The van der Waals surface area contributed by atoms with Gasteiger partial charge in [0.1, 0.15) is 17.7 Å². The first-order valence-electron chi connectivity index (χ1n) is 7.89. The van der Waals surface area contributed by atoms with Gasteiger partial charge in [0.25, 0.3) is 0 Å². The minimum Gasteiger partial charge on any atom is -0.467 e. The lowest BCUT2D eigenvalue weighted by atomic mass is 9.87.